The molecule has 0 amide bonds. The predicted octanol–water partition coefficient (Wildman–Crippen LogP) is -2.67. The van der Waals surface area contributed by atoms with Crippen LogP contribution in [0, 0.1) is 0 Å². The maximum absolute atomic E-state index is 3.29. The van der Waals surface area contributed by atoms with Gasteiger partial charge < -0.3 is 0 Å². The first kappa shape index (κ1) is 3.87. The van der Waals surface area contributed by atoms with Gasteiger partial charge in [0.25, 0.3) is 0 Å². The van der Waals surface area contributed by atoms with Gasteiger partial charge >= 0.3 is 42.4 Å². The van der Waals surface area contributed by atoms with Crippen LogP contribution in [0.2, 0.25) is 0 Å². The van der Waals surface area contributed by atoms with Crippen molar-refractivity contribution in [2.45, 2.75) is 17.4 Å². The zero-order valence-electron chi connectivity index (χ0n) is 3.16. The van der Waals surface area contributed by atoms with Crippen molar-refractivity contribution in [3.8, 4) is 0 Å². The van der Waals surface area contributed by atoms with Gasteiger partial charge in [0.2, 0.25) is 0 Å². The molecule has 1 atom stereocenters. The summed E-state index contributed by atoms with van der Waals surface area (Å²) in [5.41, 5.74) is 0. The monoisotopic (exact) mass is 184 g/mol. The molecule has 1 rings (SSSR count). The van der Waals surface area contributed by atoms with Crippen LogP contribution in [-0.2, 0) is 0 Å². The van der Waals surface area contributed by atoms with Crippen LogP contribution in [0.25, 0.3) is 0 Å². The van der Waals surface area contributed by atoms with Gasteiger partial charge in [-0.05, 0) is 0 Å². The van der Waals surface area contributed by atoms with E-state index >= 15 is 0 Å². The third kappa shape index (κ3) is 1.05. The molecule has 0 saturated carbocycles. The Bertz CT molecular complexity index is 33.9. The third-order valence-corrected chi connectivity index (χ3v) is 3.01. The Morgan fingerprint density at radius 1 is 2.00 bits per heavy atom. The summed E-state index contributed by atoms with van der Waals surface area (Å²) in [6.45, 7) is 2.23. The summed E-state index contributed by atoms with van der Waals surface area (Å²) >= 11 is 0.524. The van der Waals surface area contributed by atoms with Crippen LogP contribution in [0.4, 0.5) is 0 Å². The van der Waals surface area contributed by atoms with E-state index in [4.69, 9.17) is 0 Å². The molecular formula is C3H7IN-. The summed E-state index contributed by atoms with van der Waals surface area (Å²) in [5, 5.41) is 0. The molecule has 0 aromatic heterocycles. The number of hydrogen-bond acceptors (Lipinski definition) is 1. The van der Waals surface area contributed by atoms with Crippen molar-refractivity contribution in [2.24, 2.45) is 0 Å². The second-order valence-electron chi connectivity index (χ2n) is 1.09. The first-order valence-electron chi connectivity index (χ1n) is 1.81. The number of alkyl halides is 1. The van der Waals surface area contributed by atoms with Gasteiger partial charge in [0, 0.05) is 0 Å². The van der Waals surface area contributed by atoms with Gasteiger partial charge in [-0.25, -0.2) is 0 Å². The molecule has 1 nitrogen and oxygen atoms in total. The van der Waals surface area contributed by atoms with Crippen LogP contribution in [-0.4, -0.2) is 4.05 Å². The fourth-order valence-electron chi connectivity index (χ4n) is 0.199. The molecule has 0 aromatic rings. The Morgan fingerprint density at radius 3 is 2.60 bits per heavy atom. The minimum absolute atomic E-state index is 0.524. The van der Waals surface area contributed by atoms with Gasteiger partial charge in [-0.15, -0.1) is 0 Å². The van der Waals surface area contributed by atoms with Crippen LogP contribution in [0.15, 0.2) is 0 Å². The van der Waals surface area contributed by atoms with Crippen molar-refractivity contribution >= 4 is 0 Å². The molecule has 1 aliphatic heterocycles. The van der Waals surface area contributed by atoms with E-state index in [1.807, 2.05) is 0 Å². The SMILES string of the molecule is CCC1N[I-]1. The standard InChI is InChI=1S/C3H7IN/c1-2-3-4-5-3/h3,5H,2H2,1H3/q-1. The number of hydrogen-bond donors (Lipinski definition) is 1. The Hall–Kier alpha value is 0.690. The van der Waals surface area contributed by atoms with E-state index in [0.717, 1.165) is 4.05 Å². The number of halogens is 1. The van der Waals surface area contributed by atoms with E-state index in [2.05, 4.69) is 10.5 Å². The molecule has 0 aliphatic carbocycles. The maximum atomic E-state index is 3.29. The molecule has 1 N–H and O–H groups in total. The van der Waals surface area contributed by atoms with Crippen molar-refractivity contribution in [2.75, 3.05) is 0 Å². The van der Waals surface area contributed by atoms with Crippen LogP contribution in [0.3, 0.4) is 0 Å². The van der Waals surface area contributed by atoms with Crippen molar-refractivity contribution in [1.82, 2.24) is 3.53 Å². The van der Waals surface area contributed by atoms with E-state index in [0.29, 0.717) is 21.5 Å². The Kier molecular flexibility index (Phi) is 1.10. The van der Waals surface area contributed by atoms with Gasteiger partial charge in [0.15, 0.2) is 0 Å². The third-order valence-electron chi connectivity index (χ3n) is 0.622. The Balaban J connectivity index is 2.00. The van der Waals surface area contributed by atoms with Gasteiger partial charge in [-0.1, -0.05) is 0 Å². The van der Waals surface area contributed by atoms with E-state index in [-0.39, 0.29) is 0 Å². The molecule has 1 fully saturated rings. The molecule has 1 aliphatic rings. The second kappa shape index (κ2) is 1.43. The number of nitrogens with one attached hydrogen (secondary N) is 1. The Labute approximate surface area is 42.8 Å². The van der Waals surface area contributed by atoms with Crippen molar-refractivity contribution < 1.29 is 21.5 Å². The van der Waals surface area contributed by atoms with Gasteiger partial charge in [-0.3, -0.25) is 0 Å². The van der Waals surface area contributed by atoms with Crippen LogP contribution in [0.5, 0.6) is 0 Å². The first-order chi connectivity index (χ1) is 2.43. The van der Waals surface area contributed by atoms with Crippen LogP contribution >= 0.6 is 0 Å². The summed E-state index contributed by atoms with van der Waals surface area (Å²) in [6, 6.07) is 0. The molecule has 0 aromatic carbocycles. The summed E-state index contributed by atoms with van der Waals surface area (Å²) in [7, 11) is 0. The zero-order valence-corrected chi connectivity index (χ0v) is 5.32. The van der Waals surface area contributed by atoms with Crippen molar-refractivity contribution in [3.63, 3.8) is 0 Å². The molecule has 0 radical (unpaired) electrons. The predicted molar refractivity (Wildman–Crippen MR) is 17.2 cm³/mol. The topological polar surface area (TPSA) is 21.9 Å². The van der Waals surface area contributed by atoms with Crippen LogP contribution < -0.4 is 25.0 Å². The number of rotatable bonds is 1. The Morgan fingerprint density at radius 2 is 2.60 bits per heavy atom. The zero-order chi connectivity index (χ0) is 3.70. The molecule has 1 saturated heterocycles. The van der Waals surface area contributed by atoms with Gasteiger partial charge in [-0.2, -0.15) is 0 Å². The molecule has 1 heterocycles. The molecule has 0 spiro atoms. The quantitative estimate of drug-likeness (QED) is 0.155. The fraction of sp³-hybridized carbons (Fsp3) is 1.00. The normalized spacial score (nSPS) is 35.8. The fourth-order valence-corrected chi connectivity index (χ4v) is 1.33. The average molecular weight is 184 g/mol. The molecule has 32 valence electrons. The molecule has 2 heteroatoms. The van der Waals surface area contributed by atoms with Gasteiger partial charge in [0.1, 0.15) is 0 Å². The van der Waals surface area contributed by atoms with Crippen molar-refractivity contribution in [1.29, 1.82) is 0 Å². The van der Waals surface area contributed by atoms with E-state index < -0.39 is 0 Å². The summed E-state index contributed by atoms with van der Waals surface area (Å²) in [5.74, 6) is 0. The molecule has 5 heavy (non-hydrogen) atoms. The van der Waals surface area contributed by atoms with Gasteiger partial charge in [0.05, 0.1) is 0 Å². The second-order valence-corrected chi connectivity index (χ2v) is 3.84. The summed E-state index contributed by atoms with van der Waals surface area (Å²) in [4.78, 5) is 0. The molecular weight excluding hydrogens is 177 g/mol. The van der Waals surface area contributed by atoms with E-state index in [1.54, 1.807) is 0 Å². The van der Waals surface area contributed by atoms with E-state index in [9.17, 15) is 0 Å². The van der Waals surface area contributed by atoms with Crippen molar-refractivity contribution in [3.05, 3.63) is 0 Å². The molecule has 1 unspecified atom stereocenters. The molecule has 0 bridgehead atoms. The minimum atomic E-state index is 0.524. The summed E-state index contributed by atoms with van der Waals surface area (Å²) < 4.78 is 4.29. The van der Waals surface area contributed by atoms with Crippen LogP contribution in [0.1, 0.15) is 13.3 Å². The average Bonchev–Trinajstić information content (AvgIpc) is 2.12. The first-order valence-corrected chi connectivity index (χ1v) is 4.14. The van der Waals surface area contributed by atoms with E-state index in [1.165, 1.54) is 6.42 Å². The summed E-state index contributed by atoms with van der Waals surface area (Å²) in [6.07, 6.45) is 1.35.